The first-order chi connectivity index (χ1) is 10.4. The molecule has 0 heterocycles. The number of benzene rings is 1. The van der Waals surface area contributed by atoms with Crippen LogP contribution < -0.4 is 5.32 Å². The molecule has 0 saturated heterocycles. The molecule has 1 aromatic carbocycles. The van der Waals surface area contributed by atoms with E-state index >= 15 is 0 Å². The number of hydrogen-bond donors (Lipinski definition) is 1. The second-order valence-corrected chi connectivity index (χ2v) is 4.78. The standard InChI is InChI=1S/C14H13BrFNO5/c1-2-21-13(19)5-6-14(20)22-8-12(18)17-11-4-3-9(15)7-10(11)16/h3-7H,2,8H2,1H3,(H,17,18)/b6-5+. The fourth-order valence-electron chi connectivity index (χ4n) is 1.29. The van der Waals surface area contributed by atoms with Gasteiger partial charge in [0.1, 0.15) is 5.82 Å². The van der Waals surface area contributed by atoms with Crippen LogP contribution in [0.4, 0.5) is 10.1 Å². The summed E-state index contributed by atoms with van der Waals surface area (Å²) in [6, 6.07) is 4.09. The third-order valence-corrected chi connectivity index (χ3v) is 2.69. The summed E-state index contributed by atoms with van der Waals surface area (Å²) in [7, 11) is 0. The van der Waals surface area contributed by atoms with Crippen LogP contribution in [0.2, 0.25) is 0 Å². The van der Waals surface area contributed by atoms with Gasteiger partial charge >= 0.3 is 11.9 Å². The van der Waals surface area contributed by atoms with Gasteiger partial charge in [0.05, 0.1) is 12.3 Å². The van der Waals surface area contributed by atoms with Gasteiger partial charge in [0.15, 0.2) is 6.61 Å². The zero-order valence-electron chi connectivity index (χ0n) is 11.6. The Morgan fingerprint density at radius 1 is 1.23 bits per heavy atom. The molecule has 0 fully saturated rings. The van der Waals surface area contributed by atoms with Gasteiger partial charge in [-0.05, 0) is 25.1 Å². The molecule has 22 heavy (non-hydrogen) atoms. The molecule has 0 saturated carbocycles. The molecule has 0 aliphatic rings. The molecule has 0 aromatic heterocycles. The maximum absolute atomic E-state index is 13.5. The fourth-order valence-corrected chi connectivity index (χ4v) is 1.62. The first kappa shape index (κ1) is 17.8. The van der Waals surface area contributed by atoms with Crippen LogP contribution in [0.15, 0.2) is 34.8 Å². The smallest absolute Gasteiger partial charge is 0.331 e. The van der Waals surface area contributed by atoms with Crippen molar-refractivity contribution >= 4 is 39.5 Å². The summed E-state index contributed by atoms with van der Waals surface area (Å²) in [6.07, 6.45) is 1.73. The van der Waals surface area contributed by atoms with Crippen molar-refractivity contribution in [3.8, 4) is 0 Å². The van der Waals surface area contributed by atoms with Gasteiger partial charge in [-0.2, -0.15) is 0 Å². The molecule has 1 aromatic rings. The van der Waals surface area contributed by atoms with Crippen LogP contribution >= 0.6 is 15.9 Å². The molecule has 0 aliphatic heterocycles. The fraction of sp³-hybridized carbons (Fsp3) is 0.214. The molecule has 6 nitrogen and oxygen atoms in total. The zero-order valence-corrected chi connectivity index (χ0v) is 13.2. The summed E-state index contributed by atoms with van der Waals surface area (Å²) in [5.74, 6) is -2.92. The molecule has 8 heteroatoms. The second kappa shape index (κ2) is 8.93. The highest BCUT2D eigenvalue weighted by atomic mass is 79.9. The van der Waals surface area contributed by atoms with Crippen molar-refractivity contribution < 1.29 is 28.2 Å². The summed E-state index contributed by atoms with van der Waals surface area (Å²) in [4.78, 5) is 33.7. The molecule has 0 unspecified atom stereocenters. The normalized spacial score (nSPS) is 10.3. The Bertz CT molecular complexity index is 603. The van der Waals surface area contributed by atoms with Crippen molar-refractivity contribution in [1.82, 2.24) is 0 Å². The van der Waals surface area contributed by atoms with Gasteiger partial charge in [0.25, 0.3) is 5.91 Å². The lowest BCUT2D eigenvalue weighted by Crippen LogP contribution is -2.20. The number of rotatable bonds is 6. The van der Waals surface area contributed by atoms with Gasteiger partial charge in [-0.3, -0.25) is 4.79 Å². The molecule has 1 N–H and O–H groups in total. The summed E-state index contributed by atoms with van der Waals surface area (Å²) in [5, 5.41) is 2.25. The number of halogens is 2. The van der Waals surface area contributed by atoms with Crippen LogP contribution in [0.5, 0.6) is 0 Å². The Morgan fingerprint density at radius 3 is 2.45 bits per heavy atom. The van der Waals surface area contributed by atoms with Gasteiger partial charge in [-0.25, -0.2) is 14.0 Å². The Hall–Kier alpha value is -2.22. The van der Waals surface area contributed by atoms with Crippen molar-refractivity contribution in [3.63, 3.8) is 0 Å². The predicted molar refractivity (Wildman–Crippen MR) is 79.5 cm³/mol. The largest absolute Gasteiger partial charge is 0.463 e. The van der Waals surface area contributed by atoms with Crippen LogP contribution in [0.1, 0.15) is 6.92 Å². The maximum Gasteiger partial charge on any atom is 0.331 e. The molecule has 1 rings (SSSR count). The maximum atomic E-state index is 13.5. The lowest BCUT2D eigenvalue weighted by atomic mass is 10.3. The minimum atomic E-state index is -0.889. The molecular weight excluding hydrogens is 361 g/mol. The van der Waals surface area contributed by atoms with E-state index in [4.69, 9.17) is 0 Å². The molecule has 0 spiro atoms. The Morgan fingerprint density at radius 2 is 1.86 bits per heavy atom. The van der Waals surface area contributed by atoms with E-state index in [-0.39, 0.29) is 12.3 Å². The molecule has 0 radical (unpaired) electrons. The van der Waals surface area contributed by atoms with Crippen LogP contribution in [-0.2, 0) is 23.9 Å². The highest BCUT2D eigenvalue weighted by Crippen LogP contribution is 2.19. The van der Waals surface area contributed by atoms with E-state index in [0.29, 0.717) is 4.47 Å². The van der Waals surface area contributed by atoms with Crippen LogP contribution in [0.3, 0.4) is 0 Å². The SMILES string of the molecule is CCOC(=O)/C=C/C(=O)OCC(=O)Nc1ccc(Br)cc1F. The molecule has 0 bridgehead atoms. The second-order valence-electron chi connectivity index (χ2n) is 3.87. The van der Waals surface area contributed by atoms with E-state index in [0.717, 1.165) is 12.2 Å². The number of ether oxygens (including phenoxy) is 2. The molecule has 118 valence electrons. The van der Waals surface area contributed by atoms with Crippen LogP contribution in [0.25, 0.3) is 0 Å². The molecular formula is C14H13BrFNO5. The summed E-state index contributed by atoms with van der Waals surface area (Å²) in [6.45, 7) is 1.19. The monoisotopic (exact) mass is 373 g/mol. The minimum Gasteiger partial charge on any atom is -0.463 e. The molecule has 0 atom stereocenters. The van der Waals surface area contributed by atoms with Crippen molar-refractivity contribution in [2.45, 2.75) is 6.92 Å². The van der Waals surface area contributed by atoms with Gasteiger partial charge in [-0.1, -0.05) is 15.9 Å². The third kappa shape index (κ3) is 6.49. The van der Waals surface area contributed by atoms with E-state index in [9.17, 15) is 18.8 Å². The number of hydrogen-bond acceptors (Lipinski definition) is 5. The third-order valence-electron chi connectivity index (χ3n) is 2.19. The van der Waals surface area contributed by atoms with Gasteiger partial charge in [0, 0.05) is 16.6 Å². The Labute approximate surface area is 134 Å². The Balaban J connectivity index is 2.42. The van der Waals surface area contributed by atoms with E-state index in [1.807, 2.05) is 0 Å². The first-order valence-corrected chi connectivity index (χ1v) is 6.98. The number of carbonyl (C=O) groups is 3. The Kier molecular flexibility index (Phi) is 7.24. The zero-order chi connectivity index (χ0) is 16.5. The summed E-state index contributed by atoms with van der Waals surface area (Å²) < 4.78 is 23.2. The van der Waals surface area contributed by atoms with Crippen molar-refractivity contribution in [2.75, 3.05) is 18.5 Å². The summed E-state index contributed by atoms with van der Waals surface area (Å²) in [5.41, 5.74) is -0.0358. The minimum absolute atomic E-state index is 0.0358. The lowest BCUT2D eigenvalue weighted by molar-refractivity contribution is -0.143. The van der Waals surface area contributed by atoms with E-state index in [1.165, 1.54) is 12.1 Å². The first-order valence-electron chi connectivity index (χ1n) is 6.19. The predicted octanol–water partition coefficient (Wildman–Crippen LogP) is 2.19. The van der Waals surface area contributed by atoms with Gasteiger partial charge < -0.3 is 14.8 Å². The van der Waals surface area contributed by atoms with Gasteiger partial charge in [-0.15, -0.1) is 0 Å². The number of nitrogens with one attached hydrogen (secondary N) is 1. The van der Waals surface area contributed by atoms with Crippen LogP contribution in [0, 0.1) is 5.82 Å². The van der Waals surface area contributed by atoms with Gasteiger partial charge in [0.2, 0.25) is 0 Å². The number of anilines is 1. The number of carbonyl (C=O) groups excluding carboxylic acids is 3. The lowest BCUT2D eigenvalue weighted by Gasteiger charge is -2.06. The topological polar surface area (TPSA) is 81.7 Å². The molecule has 1 amide bonds. The number of amides is 1. The summed E-state index contributed by atoms with van der Waals surface area (Å²) >= 11 is 3.08. The average molecular weight is 374 g/mol. The van der Waals surface area contributed by atoms with Crippen molar-refractivity contribution in [1.29, 1.82) is 0 Å². The average Bonchev–Trinajstić information content (AvgIpc) is 2.46. The van der Waals surface area contributed by atoms with E-state index in [1.54, 1.807) is 13.0 Å². The molecule has 0 aliphatic carbocycles. The van der Waals surface area contributed by atoms with Crippen LogP contribution in [-0.4, -0.2) is 31.1 Å². The van der Waals surface area contributed by atoms with Crippen molar-refractivity contribution in [2.24, 2.45) is 0 Å². The van der Waals surface area contributed by atoms with E-state index < -0.39 is 30.3 Å². The highest BCUT2D eigenvalue weighted by Gasteiger charge is 2.09. The number of esters is 2. The van der Waals surface area contributed by atoms with Crippen molar-refractivity contribution in [3.05, 3.63) is 40.6 Å². The highest BCUT2D eigenvalue weighted by molar-refractivity contribution is 9.10. The quantitative estimate of drug-likeness (QED) is 0.610. The van der Waals surface area contributed by atoms with E-state index in [2.05, 4.69) is 30.7 Å².